The summed E-state index contributed by atoms with van der Waals surface area (Å²) in [6.45, 7) is 5.10. The predicted octanol–water partition coefficient (Wildman–Crippen LogP) is 3.36. The first-order valence-electron chi connectivity index (χ1n) is 9.34. The van der Waals surface area contributed by atoms with Crippen molar-refractivity contribution in [1.29, 1.82) is 0 Å². The number of para-hydroxylation sites is 1. The number of thiocarbonyl (C=S) groups is 1. The SMILES string of the molecule is CCCOC(=O)CCCN1C(=O)/C(=C2/C(=O)N(CC)c3ccccc32)SC1=S. The molecule has 0 radical (unpaired) electrons. The van der Waals surface area contributed by atoms with E-state index in [2.05, 4.69) is 0 Å². The molecule has 6 nitrogen and oxygen atoms in total. The Bertz CT molecular complexity index is 866. The highest BCUT2D eigenvalue weighted by Gasteiger charge is 2.41. The van der Waals surface area contributed by atoms with E-state index in [0.29, 0.717) is 40.9 Å². The van der Waals surface area contributed by atoms with Crippen LogP contribution in [0.25, 0.3) is 5.57 Å². The van der Waals surface area contributed by atoms with Gasteiger partial charge in [-0.05, 0) is 25.8 Å². The van der Waals surface area contributed by atoms with Gasteiger partial charge in [-0.15, -0.1) is 0 Å². The Kier molecular flexibility index (Phi) is 6.51. The van der Waals surface area contributed by atoms with Crippen molar-refractivity contribution in [3.05, 3.63) is 34.7 Å². The number of nitrogens with zero attached hydrogens (tertiary/aromatic N) is 2. The van der Waals surface area contributed by atoms with Crippen LogP contribution in [0.2, 0.25) is 0 Å². The van der Waals surface area contributed by atoms with Crippen molar-refractivity contribution in [2.24, 2.45) is 0 Å². The zero-order chi connectivity index (χ0) is 20.3. The third kappa shape index (κ3) is 3.84. The molecule has 3 rings (SSSR count). The fraction of sp³-hybridized carbons (Fsp3) is 0.400. The van der Waals surface area contributed by atoms with Crippen LogP contribution in [0.4, 0.5) is 5.69 Å². The molecule has 2 aliphatic heterocycles. The van der Waals surface area contributed by atoms with Gasteiger partial charge in [0, 0.05) is 25.1 Å². The average molecular weight is 419 g/mol. The Balaban J connectivity index is 1.78. The fourth-order valence-electron chi connectivity index (χ4n) is 3.23. The number of carbonyl (C=O) groups excluding carboxylic acids is 3. The summed E-state index contributed by atoms with van der Waals surface area (Å²) in [5, 5.41) is 0. The molecule has 0 N–H and O–H groups in total. The monoisotopic (exact) mass is 418 g/mol. The molecule has 0 spiro atoms. The van der Waals surface area contributed by atoms with E-state index in [9.17, 15) is 14.4 Å². The quantitative estimate of drug-likeness (QED) is 0.384. The zero-order valence-electron chi connectivity index (χ0n) is 15.9. The highest BCUT2D eigenvalue weighted by molar-refractivity contribution is 8.26. The first-order chi connectivity index (χ1) is 13.5. The number of esters is 1. The number of hydrogen-bond donors (Lipinski definition) is 0. The molecule has 28 heavy (non-hydrogen) atoms. The van der Waals surface area contributed by atoms with Crippen LogP contribution in [0.15, 0.2) is 29.2 Å². The minimum Gasteiger partial charge on any atom is -0.466 e. The molecule has 0 atom stereocenters. The lowest BCUT2D eigenvalue weighted by Crippen LogP contribution is -2.30. The first-order valence-corrected chi connectivity index (χ1v) is 10.6. The van der Waals surface area contributed by atoms with Crippen LogP contribution in [-0.2, 0) is 19.1 Å². The van der Waals surface area contributed by atoms with Crippen molar-refractivity contribution < 1.29 is 19.1 Å². The second-order valence-corrected chi connectivity index (χ2v) is 8.06. The van der Waals surface area contributed by atoms with E-state index in [4.69, 9.17) is 17.0 Å². The smallest absolute Gasteiger partial charge is 0.305 e. The van der Waals surface area contributed by atoms with E-state index < -0.39 is 0 Å². The summed E-state index contributed by atoms with van der Waals surface area (Å²) in [7, 11) is 0. The van der Waals surface area contributed by atoms with Gasteiger partial charge in [-0.25, -0.2) is 0 Å². The van der Waals surface area contributed by atoms with Crippen LogP contribution in [0.5, 0.6) is 0 Å². The Hall–Kier alpha value is -2.19. The van der Waals surface area contributed by atoms with Crippen molar-refractivity contribution in [2.75, 3.05) is 24.6 Å². The number of fused-ring (bicyclic) bond motifs is 1. The molecule has 1 aromatic rings. The summed E-state index contributed by atoms with van der Waals surface area (Å²) in [5.74, 6) is -0.718. The van der Waals surface area contributed by atoms with Gasteiger partial charge in [0.25, 0.3) is 11.8 Å². The number of likely N-dealkylation sites (N-methyl/N-ethyl adjacent to an activating group) is 1. The maximum Gasteiger partial charge on any atom is 0.305 e. The van der Waals surface area contributed by atoms with E-state index >= 15 is 0 Å². The molecule has 2 aliphatic rings. The van der Waals surface area contributed by atoms with Crippen molar-refractivity contribution >= 4 is 57.3 Å². The van der Waals surface area contributed by atoms with E-state index in [1.54, 1.807) is 4.90 Å². The normalized spacial score (nSPS) is 18.9. The molecule has 0 aliphatic carbocycles. The van der Waals surface area contributed by atoms with Gasteiger partial charge in [0.15, 0.2) is 0 Å². The number of carbonyl (C=O) groups is 3. The van der Waals surface area contributed by atoms with Gasteiger partial charge in [0.05, 0.1) is 22.8 Å². The number of ether oxygens (including phenoxy) is 1. The Morgan fingerprint density at radius 1 is 1.14 bits per heavy atom. The lowest BCUT2D eigenvalue weighted by atomic mass is 10.1. The number of anilines is 1. The molecule has 8 heteroatoms. The standard InChI is InChI=1S/C20H22N2O4S2/c1-3-12-26-15(23)10-7-11-22-19(25)17(28-20(22)27)16-13-8-5-6-9-14(13)21(4-2)18(16)24/h5-6,8-9H,3-4,7,10-12H2,1-2H3/b17-16-. The fourth-order valence-corrected chi connectivity index (χ4v) is 4.61. The van der Waals surface area contributed by atoms with Crippen LogP contribution in [0.3, 0.4) is 0 Å². The Morgan fingerprint density at radius 3 is 2.61 bits per heavy atom. The van der Waals surface area contributed by atoms with E-state index in [-0.39, 0.29) is 24.2 Å². The topological polar surface area (TPSA) is 66.9 Å². The van der Waals surface area contributed by atoms with E-state index in [1.807, 2.05) is 38.1 Å². The molecule has 1 fully saturated rings. The van der Waals surface area contributed by atoms with Crippen LogP contribution < -0.4 is 4.90 Å². The van der Waals surface area contributed by atoms with Crippen LogP contribution in [0.1, 0.15) is 38.7 Å². The minimum atomic E-state index is -0.274. The summed E-state index contributed by atoms with van der Waals surface area (Å²) in [6, 6.07) is 7.47. The molecule has 1 aromatic carbocycles. The summed E-state index contributed by atoms with van der Waals surface area (Å²) < 4.78 is 5.46. The second-order valence-electron chi connectivity index (χ2n) is 6.42. The van der Waals surface area contributed by atoms with Gasteiger partial charge in [-0.2, -0.15) is 0 Å². The molecule has 1 saturated heterocycles. The molecule has 0 unspecified atom stereocenters. The molecule has 148 valence electrons. The van der Waals surface area contributed by atoms with Gasteiger partial charge < -0.3 is 9.64 Å². The average Bonchev–Trinajstić information content (AvgIpc) is 3.12. The van der Waals surface area contributed by atoms with Crippen LogP contribution in [-0.4, -0.2) is 46.7 Å². The summed E-state index contributed by atoms with van der Waals surface area (Å²) in [6.07, 6.45) is 1.47. The second kappa shape index (κ2) is 8.87. The largest absolute Gasteiger partial charge is 0.466 e. The molecule has 2 amide bonds. The number of rotatable bonds is 7. The third-order valence-corrected chi connectivity index (χ3v) is 5.99. The van der Waals surface area contributed by atoms with Crippen LogP contribution in [0, 0.1) is 0 Å². The number of thioether (sulfide) groups is 1. The Labute approximate surface area is 173 Å². The maximum atomic E-state index is 13.0. The van der Waals surface area contributed by atoms with Crippen molar-refractivity contribution in [3.63, 3.8) is 0 Å². The van der Waals surface area contributed by atoms with Gasteiger partial charge in [0.1, 0.15) is 4.32 Å². The maximum absolute atomic E-state index is 13.0. The van der Waals surface area contributed by atoms with E-state index in [1.165, 1.54) is 4.90 Å². The van der Waals surface area contributed by atoms with Crippen molar-refractivity contribution in [3.8, 4) is 0 Å². The number of benzene rings is 1. The van der Waals surface area contributed by atoms with E-state index in [0.717, 1.165) is 29.4 Å². The molecule has 0 saturated carbocycles. The van der Waals surface area contributed by atoms with Gasteiger partial charge >= 0.3 is 5.97 Å². The first kappa shape index (κ1) is 20.5. The summed E-state index contributed by atoms with van der Waals surface area (Å²) in [4.78, 5) is 41.0. The Morgan fingerprint density at radius 2 is 1.89 bits per heavy atom. The molecule has 0 bridgehead atoms. The van der Waals surface area contributed by atoms with Gasteiger partial charge in [-0.1, -0.05) is 49.1 Å². The molecular formula is C20H22N2O4S2. The number of amides is 2. The summed E-state index contributed by atoms with van der Waals surface area (Å²) >= 11 is 6.52. The summed E-state index contributed by atoms with van der Waals surface area (Å²) in [5.41, 5.74) is 1.99. The lowest BCUT2D eigenvalue weighted by molar-refractivity contribution is -0.144. The van der Waals surface area contributed by atoms with Crippen molar-refractivity contribution in [1.82, 2.24) is 4.90 Å². The molecule has 0 aromatic heterocycles. The highest BCUT2D eigenvalue weighted by atomic mass is 32.2. The van der Waals surface area contributed by atoms with Gasteiger partial charge in [0.2, 0.25) is 0 Å². The third-order valence-electron chi connectivity index (χ3n) is 4.55. The highest BCUT2D eigenvalue weighted by Crippen LogP contribution is 2.44. The number of hydrogen-bond acceptors (Lipinski definition) is 6. The molecular weight excluding hydrogens is 396 g/mol. The minimum absolute atomic E-state index is 0.174. The van der Waals surface area contributed by atoms with Crippen molar-refractivity contribution in [2.45, 2.75) is 33.1 Å². The predicted molar refractivity (Wildman–Crippen MR) is 114 cm³/mol. The lowest BCUT2D eigenvalue weighted by Gasteiger charge is -2.14. The zero-order valence-corrected chi connectivity index (χ0v) is 17.5. The van der Waals surface area contributed by atoms with Gasteiger partial charge in [-0.3, -0.25) is 19.3 Å². The molecule has 2 heterocycles. The van der Waals surface area contributed by atoms with Crippen LogP contribution >= 0.6 is 24.0 Å².